The molecule has 1 unspecified atom stereocenters. The third kappa shape index (κ3) is 1.94. The maximum absolute atomic E-state index is 10.3. The Morgan fingerprint density at radius 2 is 2.06 bits per heavy atom. The summed E-state index contributed by atoms with van der Waals surface area (Å²) in [5.41, 5.74) is -0.00183. The van der Waals surface area contributed by atoms with Crippen molar-refractivity contribution in [3.05, 3.63) is 30.1 Å². The van der Waals surface area contributed by atoms with Gasteiger partial charge in [-0.3, -0.25) is 4.98 Å². The molecule has 3 heteroatoms. The van der Waals surface area contributed by atoms with Gasteiger partial charge >= 0.3 is 0 Å². The van der Waals surface area contributed by atoms with Crippen molar-refractivity contribution in [1.29, 1.82) is 5.26 Å². The average molecular weight is 216 g/mol. The first-order valence-corrected chi connectivity index (χ1v) is 5.79. The summed E-state index contributed by atoms with van der Waals surface area (Å²) in [7, 11) is 0. The van der Waals surface area contributed by atoms with Crippen LogP contribution < -0.4 is 0 Å². The summed E-state index contributed by atoms with van der Waals surface area (Å²) in [6.45, 7) is 0. The van der Waals surface area contributed by atoms with Crippen molar-refractivity contribution in [2.45, 2.75) is 38.2 Å². The molecule has 1 aliphatic rings. The Balaban J connectivity index is 2.25. The number of hydrogen-bond acceptors (Lipinski definition) is 3. The van der Waals surface area contributed by atoms with Crippen molar-refractivity contribution in [2.75, 3.05) is 0 Å². The first kappa shape index (κ1) is 11.1. The molecule has 1 aromatic rings. The minimum Gasteiger partial charge on any atom is -0.385 e. The van der Waals surface area contributed by atoms with Gasteiger partial charge in [-0.2, -0.15) is 5.26 Å². The van der Waals surface area contributed by atoms with E-state index in [2.05, 4.69) is 11.1 Å². The zero-order valence-corrected chi connectivity index (χ0v) is 9.26. The normalized spacial score (nSPS) is 21.0. The molecule has 16 heavy (non-hydrogen) atoms. The van der Waals surface area contributed by atoms with Crippen LogP contribution in [0.15, 0.2) is 24.4 Å². The van der Waals surface area contributed by atoms with Gasteiger partial charge in [0.25, 0.3) is 0 Å². The smallest absolute Gasteiger partial charge is 0.114 e. The predicted octanol–water partition coefficient (Wildman–Crippen LogP) is 2.59. The van der Waals surface area contributed by atoms with Crippen molar-refractivity contribution < 1.29 is 5.11 Å². The Kier molecular flexibility index (Phi) is 3.21. The number of pyridine rings is 1. The van der Waals surface area contributed by atoms with Crippen LogP contribution in [-0.2, 0) is 0 Å². The van der Waals surface area contributed by atoms with Crippen molar-refractivity contribution in [2.24, 2.45) is 5.41 Å². The highest BCUT2D eigenvalue weighted by molar-refractivity contribution is 5.16. The number of aliphatic hydroxyl groups is 1. The number of rotatable bonds is 2. The van der Waals surface area contributed by atoms with E-state index in [-0.39, 0.29) is 0 Å². The van der Waals surface area contributed by atoms with Crippen LogP contribution in [0.25, 0.3) is 0 Å². The number of nitrogens with zero attached hydrogens (tertiary/aromatic N) is 2. The van der Waals surface area contributed by atoms with E-state index in [4.69, 9.17) is 0 Å². The van der Waals surface area contributed by atoms with E-state index in [0.29, 0.717) is 5.69 Å². The van der Waals surface area contributed by atoms with E-state index in [1.54, 1.807) is 12.3 Å². The van der Waals surface area contributed by atoms with Crippen molar-refractivity contribution >= 4 is 0 Å². The molecule has 1 N–H and O–H groups in total. The van der Waals surface area contributed by atoms with E-state index >= 15 is 0 Å². The highest BCUT2D eigenvalue weighted by atomic mass is 16.3. The second-order valence-corrected chi connectivity index (χ2v) is 4.49. The predicted molar refractivity (Wildman–Crippen MR) is 60.3 cm³/mol. The Morgan fingerprint density at radius 1 is 1.31 bits per heavy atom. The number of aromatic nitrogens is 1. The third-order valence-electron chi connectivity index (χ3n) is 3.46. The van der Waals surface area contributed by atoms with Crippen molar-refractivity contribution in [3.8, 4) is 6.07 Å². The van der Waals surface area contributed by atoms with E-state index in [0.717, 1.165) is 25.7 Å². The Labute approximate surface area is 95.8 Å². The Morgan fingerprint density at radius 3 is 2.62 bits per heavy atom. The molecule has 1 aromatic heterocycles. The highest BCUT2D eigenvalue weighted by Gasteiger charge is 2.40. The summed E-state index contributed by atoms with van der Waals surface area (Å²) in [5, 5.41) is 19.6. The lowest BCUT2D eigenvalue weighted by Gasteiger charge is -2.34. The monoisotopic (exact) mass is 216 g/mol. The first-order chi connectivity index (χ1) is 7.78. The molecule has 0 amide bonds. The molecule has 0 bridgehead atoms. The van der Waals surface area contributed by atoms with Crippen LogP contribution in [0.5, 0.6) is 0 Å². The summed E-state index contributed by atoms with van der Waals surface area (Å²) in [4.78, 5) is 4.15. The third-order valence-corrected chi connectivity index (χ3v) is 3.46. The molecular formula is C13H16N2O. The van der Waals surface area contributed by atoms with Gasteiger partial charge in [-0.1, -0.05) is 25.3 Å². The van der Waals surface area contributed by atoms with E-state index in [1.807, 2.05) is 12.1 Å². The van der Waals surface area contributed by atoms with Crippen LogP contribution in [0.1, 0.15) is 43.9 Å². The molecule has 0 spiro atoms. The minimum atomic E-state index is -0.751. The molecule has 1 heterocycles. The summed E-state index contributed by atoms with van der Waals surface area (Å²) < 4.78 is 0. The SMILES string of the molecule is N#CC1(C(O)c2ccccn2)CCCCC1. The molecule has 0 radical (unpaired) electrons. The minimum absolute atomic E-state index is 0.617. The van der Waals surface area contributed by atoms with Gasteiger partial charge in [-0.25, -0.2) is 0 Å². The molecule has 1 fully saturated rings. The molecule has 1 saturated carbocycles. The molecule has 0 aliphatic heterocycles. The van der Waals surface area contributed by atoms with Gasteiger partial charge in [-0.15, -0.1) is 0 Å². The summed E-state index contributed by atoms with van der Waals surface area (Å²) in [6.07, 6.45) is 5.68. The topological polar surface area (TPSA) is 56.9 Å². The fraction of sp³-hybridized carbons (Fsp3) is 0.538. The van der Waals surface area contributed by atoms with Gasteiger partial charge in [0.1, 0.15) is 6.10 Å². The quantitative estimate of drug-likeness (QED) is 0.826. The summed E-state index contributed by atoms with van der Waals surface area (Å²) >= 11 is 0. The van der Waals surface area contributed by atoms with Crippen molar-refractivity contribution in [1.82, 2.24) is 4.98 Å². The van der Waals surface area contributed by atoms with E-state index in [9.17, 15) is 10.4 Å². The zero-order chi connectivity index (χ0) is 11.4. The maximum atomic E-state index is 10.3. The van der Waals surface area contributed by atoms with Gasteiger partial charge in [0.05, 0.1) is 17.2 Å². The zero-order valence-electron chi connectivity index (χ0n) is 9.26. The summed E-state index contributed by atoms with van der Waals surface area (Å²) in [5.74, 6) is 0. The second-order valence-electron chi connectivity index (χ2n) is 4.49. The lowest BCUT2D eigenvalue weighted by Crippen LogP contribution is -2.30. The van der Waals surface area contributed by atoms with Gasteiger partial charge < -0.3 is 5.11 Å². The van der Waals surface area contributed by atoms with Gasteiger partial charge in [0.2, 0.25) is 0 Å². The molecule has 84 valence electrons. The molecule has 2 rings (SSSR count). The fourth-order valence-electron chi connectivity index (χ4n) is 2.45. The molecule has 0 saturated heterocycles. The number of aliphatic hydroxyl groups excluding tert-OH is 1. The Bertz CT molecular complexity index is 377. The molecule has 3 nitrogen and oxygen atoms in total. The van der Waals surface area contributed by atoms with Crippen molar-refractivity contribution in [3.63, 3.8) is 0 Å². The number of hydrogen-bond donors (Lipinski definition) is 1. The highest BCUT2D eigenvalue weighted by Crippen LogP contribution is 2.44. The van der Waals surface area contributed by atoms with Crippen LogP contribution in [0.4, 0.5) is 0 Å². The van der Waals surface area contributed by atoms with Crippen LogP contribution in [-0.4, -0.2) is 10.1 Å². The Hall–Kier alpha value is -1.40. The van der Waals surface area contributed by atoms with Gasteiger partial charge in [0, 0.05) is 6.20 Å². The second kappa shape index (κ2) is 4.63. The molecule has 1 aliphatic carbocycles. The number of nitriles is 1. The first-order valence-electron chi connectivity index (χ1n) is 5.79. The lowest BCUT2D eigenvalue weighted by atomic mass is 9.70. The molecule has 0 aromatic carbocycles. The maximum Gasteiger partial charge on any atom is 0.114 e. The van der Waals surface area contributed by atoms with Crippen LogP contribution in [0.2, 0.25) is 0 Å². The lowest BCUT2D eigenvalue weighted by molar-refractivity contribution is 0.0328. The molecular weight excluding hydrogens is 200 g/mol. The largest absolute Gasteiger partial charge is 0.385 e. The van der Waals surface area contributed by atoms with Crippen LogP contribution >= 0.6 is 0 Å². The van der Waals surface area contributed by atoms with Gasteiger partial charge in [0.15, 0.2) is 0 Å². The van der Waals surface area contributed by atoms with E-state index < -0.39 is 11.5 Å². The van der Waals surface area contributed by atoms with Gasteiger partial charge in [-0.05, 0) is 25.0 Å². The standard InChI is InChI=1S/C13H16N2O/c14-10-13(7-3-1-4-8-13)12(16)11-6-2-5-9-15-11/h2,5-6,9,12,16H,1,3-4,7-8H2. The van der Waals surface area contributed by atoms with E-state index in [1.165, 1.54) is 6.42 Å². The molecule has 1 atom stereocenters. The summed E-state index contributed by atoms with van der Waals surface area (Å²) in [6, 6.07) is 7.78. The average Bonchev–Trinajstić information content (AvgIpc) is 2.39. The fourth-order valence-corrected chi connectivity index (χ4v) is 2.45. The van der Waals surface area contributed by atoms with Crippen LogP contribution in [0, 0.1) is 16.7 Å². The van der Waals surface area contributed by atoms with Crippen LogP contribution in [0.3, 0.4) is 0 Å².